The molecule has 0 radical (unpaired) electrons. The van der Waals surface area contributed by atoms with Crippen molar-refractivity contribution < 1.29 is 0 Å². The maximum atomic E-state index is 12.2. The molecule has 5 heteroatoms. The summed E-state index contributed by atoms with van der Waals surface area (Å²) >= 11 is 5.83. The molecule has 1 N–H and O–H groups in total. The van der Waals surface area contributed by atoms with Gasteiger partial charge in [0.25, 0.3) is 5.56 Å². The lowest BCUT2D eigenvalue weighted by molar-refractivity contribution is 0.298. The minimum absolute atomic E-state index is 0.0614. The van der Waals surface area contributed by atoms with E-state index in [1.165, 1.54) is 4.57 Å². The van der Waals surface area contributed by atoms with Gasteiger partial charge in [0.15, 0.2) is 0 Å². The van der Waals surface area contributed by atoms with Gasteiger partial charge in [-0.2, -0.15) is 0 Å². The average molecular weight is 251 g/mol. The lowest BCUT2D eigenvalue weighted by Gasteiger charge is -2.26. The Morgan fingerprint density at radius 2 is 2.06 bits per heavy atom. The number of fused-ring (bicyclic) bond motifs is 1. The summed E-state index contributed by atoms with van der Waals surface area (Å²) in [5.74, 6) is 0. The number of aromatic amines is 1. The molecule has 0 spiro atoms. The molecule has 0 amide bonds. The smallest absolute Gasteiger partial charge is 0.307 e. The number of halogens is 1. The number of nitrogens with one attached hydrogen (secondary N) is 1. The lowest BCUT2D eigenvalue weighted by atomic mass is 9.93. The second kappa shape index (κ2) is 3.74. The summed E-state index contributed by atoms with van der Waals surface area (Å²) in [5, 5.41) is 1.02. The van der Waals surface area contributed by atoms with E-state index in [0.717, 1.165) is 19.3 Å². The van der Waals surface area contributed by atoms with Gasteiger partial charge in [-0.05, 0) is 37.5 Å². The third kappa shape index (κ3) is 1.60. The molecule has 1 aromatic heterocycles. The zero-order valence-electron chi connectivity index (χ0n) is 9.07. The summed E-state index contributed by atoms with van der Waals surface area (Å²) in [7, 11) is 0. The van der Waals surface area contributed by atoms with Crippen molar-refractivity contribution in [1.29, 1.82) is 0 Å². The van der Waals surface area contributed by atoms with Crippen LogP contribution in [0.4, 0.5) is 0 Å². The van der Waals surface area contributed by atoms with E-state index in [2.05, 4.69) is 4.98 Å². The highest BCUT2D eigenvalue weighted by molar-refractivity contribution is 6.31. The van der Waals surface area contributed by atoms with Crippen LogP contribution in [0, 0.1) is 0 Å². The van der Waals surface area contributed by atoms with Crippen molar-refractivity contribution in [3.05, 3.63) is 44.1 Å². The van der Waals surface area contributed by atoms with Crippen LogP contribution in [0.3, 0.4) is 0 Å². The molecule has 0 aliphatic heterocycles. The van der Waals surface area contributed by atoms with Gasteiger partial charge >= 0.3 is 5.69 Å². The molecule has 1 aliphatic carbocycles. The van der Waals surface area contributed by atoms with Crippen LogP contribution >= 0.6 is 11.6 Å². The maximum absolute atomic E-state index is 12.2. The number of hydrogen-bond acceptors (Lipinski definition) is 2. The van der Waals surface area contributed by atoms with Crippen LogP contribution in [0.5, 0.6) is 0 Å². The van der Waals surface area contributed by atoms with Crippen LogP contribution in [-0.2, 0) is 0 Å². The van der Waals surface area contributed by atoms with E-state index >= 15 is 0 Å². The molecule has 2 aromatic rings. The third-order valence-corrected chi connectivity index (χ3v) is 3.57. The summed E-state index contributed by atoms with van der Waals surface area (Å²) in [6.45, 7) is 0. The number of aromatic nitrogens is 2. The Balaban J connectivity index is 2.35. The first-order chi connectivity index (χ1) is 8.16. The molecule has 4 nitrogen and oxygen atoms in total. The number of hydrogen-bond donors (Lipinski definition) is 1. The number of nitrogens with zero attached hydrogens (tertiary/aromatic N) is 1. The predicted molar refractivity (Wildman–Crippen MR) is 66.7 cm³/mol. The van der Waals surface area contributed by atoms with Crippen molar-refractivity contribution in [2.24, 2.45) is 0 Å². The molecule has 88 valence electrons. The van der Waals surface area contributed by atoms with E-state index in [1.54, 1.807) is 18.2 Å². The topological polar surface area (TPSA) is 54.9 Å². The first-order valence-corrected chi connectivity index (χ1v) is 5.99. The van der Waals surface area contributed by atoms with Crippen molar-refractivity contribution in [2.75, 3.05) is 0 Å². The lowest BCUT2D eigenvalue weighted by Crippen LogP contribution is -2.40. The van der Waals surface area contributed by atoms with Crippen LogP contribution in [0.15, 0.2) is 27.8 Å². The molecule has 1 saturated carbocycles. The molecule has 1 fully saturated rings. The molecule has 1 aliphatic rings. The Labute approximate surface area is 102 Å². The predicted octanol–water partition coefficient (Wildman–Crippen LogP) is 2.07. The standard InChI is InChI=1S/C12H11ClN2O2/c13-7-4-5-9-10(6-7)14-12(17)15(11(9)16)8-2-1-3-8/h4-6,8H,1-3H2,(H,14,17). The van der Waals surface area contributed by atoms with Gasteiger partial charge in [-0.1, -0.05) is 11.6 Å². The Hall–Kier alpha value is -1.55. The highest BCUT2D eigenvalue weighted by Crippen LogP contribution is 2.29. The van der Waals surface area contributed by atoms with Gasteiger partial charge < -0.3 is 4.98 Å². The van der Waals surface area contributed by atoms with Gasteiger partial charge in [0.2, 0.25) is 0 Å². The molecular weight excluding hydrogens is 240 g/mol. The highest BCUT2D eigenvalue weighted by atomic mass is 35.5. The zero-order valence-corrected chi connectivity index (χ0v) is 9.83. The Morgan fingerprint density at radius 1 is 1.29 bits per heavy atom. The van der Waals surface area contributed by atoms with E-state index in [-0.39, 0.29) is 17.3 Å². The number of benzene rings is 1. The third-order valence-electron chi connectivity index (χ3n) is 3.33. The van der Waals surface area contributed by atoms with Gasteiger partial charge in [0.05, 0.1) is 10.9 Å². The van der Waals surface area contributed by atoms with Crippen molar-refractivity contribution in [3.63, 3.8) is 0 Å². The second-order valence-corrected chi connectivity index (χ2v) is 4.82. The zero-order chi connectivity index (χ0) is 12.0. The number of rotatable bonds is 1. The maximum Gasteiger partial charge on any atom is 0.329 e. The summed E-state index contributed by atoms with van der Waals surface area (Å²) < 4.78 is 1.33. The molecular formula is C12H11ClN2O2. The summed E-state index contributed by atoms with van der Waals surface area (Å²) in [6.07, 6.45) is 2.89. The quantitative estimate of drug-likeness (QED) is 0.842. The first kappa shape index (κ1) is 10.6. The highest BCUT2D eigenvalue weighted by Gasteiger charge is 2.23. The van der Waals surface area contributed by atoms with Gasteiger partial charge in [0.1, 0.15) is 0 Å². The Morgan fingerprint density at radius 3 is 2.71 bits per heavy atom. The number of H-pyrrole nitrogens is 1. The fourth-order valence-corrected chi connectivity index (χ4v) is 2.35. The van der Waals surface area contributed by atoms with Gasteiger partial charge in [-0.3, -0.25) is 9.36 Å². The van der Waals surface area contributed by atoms with Gasteiger partial charge in [-0.25, -0.2) is 4.79 Å². The minimum atomic E-state index is -0.338. The van der Waals surface area contributed by atoms with E-state index in [1.807, 2.05) is 0 Å². The van der Waals surface area contributed by atoms with Gasteiger partial charge in [-0.15, -0.1) is 0 Å². The summed E-state index contributed by atoms with van der Waals surface area (Å²) in [5.41, 5.74) is -0.0531. The van der Waals surface area contributed by atoms with Crippen LogP contribution < -0.4 is 11.2 Å². The van der Waals surface area contributed by atoms with E-state index in [4.69, 9.17) is 11.6 Å². The van der Waals surface area contributed by atoms with Crippen LogP contribution in [0.2, 0.25) is 5.02 Å². The largest absolute Gasteiger partial charge is 0.329 e. The SMILES string of the molecule is O=c1[nH]c2cc(Cl)ccc2c(=O)n1C1CCC1. The van der Waals surface area contributed by atoms with Crippen molar-refractivity contribution >= 4 is 22.5 Å². The fourth-order valence-electron chi connectivity index (χ4n) is 2.18. The molecule has 3 rings (SSSR count). The van der Waals surface area contributed by atoms with Crippen LogP contribution in [-0.4, -0.2) is 9.55 Å². The van der Waals surface area contributed by atoms with E-state index in [0.29, 0.717) is 15.9 Å². The molecule has 0 atom stereocenters. The van der Waals surface area contributed by atoms with Gasteiger partial charge in [0, 0.05) is 11.1 Å². The van der Waals surface area contributed by atoms with Crippen LogP contribution in [0.25, 0.3) is 10.9 Å². The molecule has 0 bridgehead atoms. The molecule has 0 unspecified atom stereocenters. The molecule has 1 heterocycles. The monoisotopic (exact) mass is 250 g/mol. The van der Waals surface area contributed by atoms with Crippen LogP contribution in [0.1, 0.15) is 25.3 Å². The normalized spacial score (nSPS) is 16.1. The van der Waals surface area contributed by atoms with Crippen molar-refractivity contribution in [1.82, 2.24) is 9.55 Å². The van der Waals surface area contributed by atoms with Crippen molar-refractivity contribution in [2.45, 2.75) is 25.3 Å². The van der Waals surface area contributed by atoms with Crippen molar-refractivity contribution in [3.8, 4) is 0 Å². The van der Waals surface area contributed by atoms with E-state index < -0.39 is 0 Å². The second-order valence-electron chi connectivity index (χ2n) is 4.38. The van der Waals surface area contributed by atoms with E-state index in [9.17, 15) is 9.59 Å². The molecule has 0 saturated heterocycles. The first-order valence-electron chi connectivity index (χ1n) is 5.61. The summed E-state index contributed by atoms with van der Waals surface area (Å²) in [6, 6.07) is 4.98. The molecule has 17 heavy (non-hydrogen) atoms. The molecule has 1 aromatic carbocycles. The Kier molecular flexibility index (Phi) is 2.33. The summed E-state index contributed by atoms with van der Waals surface area (Å²) in [4.78, 5) is 26.8. The average Bonchev–Trinajstić information content (AvgIpc) is 2.20. The minimum Gasteiger partial charge on any atom is -0.307 e. The Bertz CT molecular complexity index is 698. The fraction of sp³-hybridized carbons (Fsp3) is 0.333.